The standard InChI is InChI=1S/C9H16N2O4/c1-5-4-6(15-11-5)9(2,13)7(10)8(12)14-3/h6-7,13H,4,10H2,1-3H3/t6-,7-,9-/m1/s1. The summed E-state index contributed by atoms with van der Waals surface area (Å²) in [5.74, 6) is -0.673. The number of carbonyl (C=O) groups excluding carboxylic acids is 1. The molecule has 6 nitrogen and oxygen atoms in total. The number of methoxy groups -OCH3 is 1. The number of carbonyl (C=O) groups is 1. The van der Waals surface area contributed by atoms with E-state index in [1.807, 2.05) is 0 Å². The van der Waals surface area contributed by atoms with Gasteiger partial charge in [-0.15, -0.1) is 0 Å². The number of hydrogen-bond acceptors (Lipinski definition) is 6. The third-order valence-electron chi connectivity index (χ3n) is 2.55. The van der Waals surface area contributed by atoms with Gasteiger partial charge in [-0.3, -0.25) is 4.79 Å². The minimum absolute atomic E-state index is 0.456. The molecule has 86 valence electrons. The monoisotopic (exact) mass is 216 g/mol. The van der Waals surface area contributed by atoms with Gasteiger partial charge in [-0.2, -0.15) is 0 Å². The van der Waals surface area contributed by atoms with Crippen LogP contribution in [-0.4, -0.2) is 41.6 Å². The lowest BCUT2D eigenvalue weighted by Crippen LogP contribution is -2.58. The molecule has 0 saturated carbocycles. The first kappa shape index (κ1) is 11.9. The van der Waals surface area contributed by atoms with Gasteiger partial charge in [0, 0.05) is 6.42 Å². The van der Waals surface area contributed by atoms with Crippen LogP contribution >= 0.6 is 0 Å². The minimum Gasteiger partial charge on any atom is -0.468 e. The second kappa shape index (κ2) is 4.16. The van der Waals surface area contributed by atoms with Gasteiger partial charge in [0.25, 0.3) is 0 Å². The number of aliphatic hydroxyl groups is 1. The smallest absolute Gasteiger partial charge is 0.325 e. The Labute approximate surface area is 88.0 Å². The van der Waals surface area contributed by atoms with Crippen molar-refractivity contribution in [1.29, 1.82) is 0 Å². The SMILES string of the molecule is COC(=O)[C@@H](N)[C@](C)(O)[C@H]1CC(C)=NO1. The van der Waals surface area contributed by atoms with Gasteiger partial charge in [0.1, 0.15) is 11.6 Å². The Hall–Kier alpha value is -1.14. The Morgan fingerprint density at radius 3 is 2.87 bits per heavy atom. The molecular weight excluding hydrogens is 200 g/mol. The molecule has 1 rings (SSSR count). The van der Waals surface area contributed by atoms with Gasteiger partial charge in [-0.05, 0) is 13.8 Å². The molecular formula is C9H16N2O4. The first-order valence-corrected chi connectivity index (χ1v) is 4.64. The van der Waals surface area contributed by atoms with E-state index in [0.717, 1.165) is 5.71 Å². The summed E-state index contributed by atoms with van der Waals surface area (Å²) >= 11 is 0. The van der Waals surface area contributed by atoms with Crippen LogP contribution in [0.25, 0.3) is 0 Å². The Kier molecular flexibility index (Phi) is 3.31. The van der Waals surface area contributed by atoms with Crippen molar-refractivity contribution >= 4 is 11.7 Å². The van der Waals surface area contributed by atoms with E-state index in [4.69, 9.17) is 10.6 Å². The van der Waals surface area contributed by atoms with Crippen molar-refractivity contribution in [2.24, 2.45) is 10.9 Å². The normalized spacial score (nSPS) is 26.2. The van der Waals surface area contributed by atoms with Crippen LogP contribution in [0.3, 0.4) is 0 Å². The quantitative estimate of drug-likeness (QED) is 0.614. The summed E-state index contributed by atoms with van der Waals surface area (Å²) in [4.78, 5) is 16.2. The third-order valence-corrected chi connectivity index (χ3v) is 2.55. The number of ether oxygens (including phenoxy) is 1. The van der Waals surface area contributed by atoms with Crippen LogP contribution in [0.1, 0.15) is 20.3 Å². The van der Waals surface area contributed by atoms with Crippen LogP contribution in [0.15, 0.2) is 5.16 Å². The first-order chi connectivity index (χ1) is 6.89. The number of esters is 1. The molecule has 3 N–H and O–H groups in total. The van der Waals surface area contributed by atoms with E-state index in [1.54, 1.807) is 6.92 Å². The Morgan fingerprint density at radius 1 is 1.87 bits per heavy atom. The summed E-state index contributed by atoms with van der Waals surface area (Å²) in [7, 11) is 1.22. The van der Waals surface area contributed by atoms with Gasteiger partial charge in [-0.25, -0.2) is 0 Å². The van der Waals surface area contributed by atoms with E-state index in [-0.39, 0.29) is 0 Å². The molecule has 0 aromatic rings. The van der Waals surface area contributed by atoms with Crippen molar-refractivity contribution in [1.82, 2.24) is 0 Å². The molecule has 0 fully saturated rings. The number of nitrogens with two attached hydrogens (primary N) is 1. The van der Waals surface area contributed by atoms with Crippen LogP contribution in [0.2, 0.25) is 0 Å². The molecule has 0 spiro atoms. The Bertz CT molecular complexity index is 288. The molecule has 0 bridgehead atoms. The fourth-order valence-electron chi connectivity index (χ4n) is 1.38. The van der Waals surface area contributed by atoms with E-state index in [9.17, 15) is 9.90 Å². The molecule has 0 unspecified atom stereocenters. The lowest BCUT2D eigenvalue weighted by Gasteiger charge is -2.31. The van der Waals surface area contributed by atoms with Crippen LogP contribution in [0, 0.1) is 0 Å². The Morgan fingerprint density at radius 2 is 2.47 bits per heavy atom. The van der Waals surface area contributed by atoms with Crippen molar-refractivity contribution in [2.45, 2.75) is 38.0 Å². The highest BCUT2D eigenvalue weighted by Gasteiger charge is 2.46. The maximum absolute atomic E-state index is 11.2. The lowest BCUT2D eigenvalue weighted by molar-refractivity contribution is -0.157. The average molecular weight is 216 g/mol. The first-order valence-electron chi connectivity index (χ1n) is 4.64. The summed E-state index contributed by atoms with van der Waals surface area (Å²) in [6.45, 7) is 3.22. The highest BCUT2D eigenvalue weighted by Crippen LogP contribution is 2.25. The zero-order valence-corrected chi connectivity index (χ0v) is 9.06. The van der Waals surface area contributed by atoms with E-state index in [1.165, 1.54) is 14.0 Å². The predicted molar refractivity (Wildman–Crippen MR) is 53.2 cm³/mol. The highest BCUT2D eigenvalue weighted by molar-refractivity contribution is 5.83. The maximum Gasteiger partial charge on any atom is 0.325 e. The van der Waals surface area contributed by atoms with Crippen molar-refractivity contribution < 1.29 is 19.5 Å². The molecule has 0 aromatic carbocycles. The largest absolute Gasteiger partial charge is 0.468 e. The zero-order valence-electron chi connectivity index (χ0n) is 9.06. The molecule has 1 heterocycles. The zero-order chi connectivity index (χ0) is 11.6. The van der Waals surface area contributed by atoms with E-state index >= 15 is 0 Å². The second-order valence-corrected chi connectivity index (χ2v) is 3.85. The fourth-order valence-corrected chi connectivity index (χ4v) is 1.38. The molecule has 0 aliphatic carbocycles. The minimum atomic E-state index is -1.49. The van der Waals surface area contributed by atoms with Gasteiger partial charge in [0.05, 0.1) is 12.8 Å². The number of rotatable bonds is 3. The molecule has 1 aliphatic rings. The number of nitrogens with zero attached hydrogens (tertiary/aromatic N) is 1. The van der Waals surface area contributed by atoms with Crippen molar-refractivity contribution in [3.8, 4) is 0 Å². The molecule has 0 amide bonds. The summed E-state index contributed by atoms with van der Waals surface area (Å²) < 4.78 is 4.47. The highest BCUT2D eigenvalue weighted by atomic mass is 16.7. The van der Waals surface area contributed by atoms with E-state index in [2.05, 4.69) is 9.89 Å². The molecule has 6 heteroatoms. The van der Waals surface area contributed by atoms with Crippen LogP contribution in [0.5, 0.6) is 0 Å². The molecule has 3 atom stereocenters. The lowest BCUT2D eigenvalue weighted by atomic mass is 9.88. The van der Waals surface area contributed by atoms with Gasteiger partial charge >= 0.3 is 5.97 Å². The maximum atomic E-state index is 11.2. The summed E-state index contributed by atoms with van der Waals surface area (Å²) in [6, 6.07) is -1.14. The van der Waals surface area contributed by atoms with Crippen molar-refractivity contribution in [3.05, 3.63) is 0 Å². The van der Waals surface area contributed by atoms with Crippen LogP contribution < -0.4 is 5.73 Å². The summed E-state index contributed by atoms with van der Waals surface area (Å²) in [5, 5.41) is 13.8. The van der Waals surface area contributed by atoms with Crippen molar-refractivity contribution in [2.75, 3.05) is 7.11 Å². The molecule has 0 saturated heterocycles. The second-order valence-electron chi connectivity index (χ2n) is 3.85. The van der Waals surface area contributed by atoms with Gasteiger partial charge in [-0.1, -0.05) is 5.16 Å². The topological polar surface area (TPSA) is 94.1 Å². The van der Waals surface area contributed by atoms with E-state index < -0.39 is 23.7 Å². The van der Waals surface area contributed by atoms with Gasteiger partial charge < -0.3 is 20.4 Å². The third kappa shape index (κ3) is 2.27. The van der Waals surface area contributed by atoms with Crippen LogP contribution in [-0.2, 0) is 14.4 Å². The Balaban J connectivity index is 2.70. The molecule has 0 aromatic heterocycles. The molecule has 0 radical (unpaired) electrons. The van der Waals surface area contributed by atoms with Gasteiger partial charge in [0.15, 0.2) is 6.10 Å². The number of hydrogen-bond donors (Lipinski definition) is 2. The summed E-state index contributed by atoms with van der Waals surface area (Å²) in [6.07, 6.45) is -0.149. The van der Waals surface area contributed by atoms with Crippen LogP contribution in [0.4, 0.5) is 0 Å². The molecule has 1 aliphatic heterocycles. The number of oxime groups is 1. The van der Waals surface area contributed by atoms with E-state index in [0.29, 0.717) is 6.42 Å². The fraction of sp³-hybridized carbons (Fsp3) is 0.778. The van der Waals surface area contributed by atoms with Crippen molar-refractivity contribution in [3.63, 3.8) is 0 Å². The average Bonchev–Trinajstić information content (AvgIpc) is 2.63. The predicted octanol–water partition coefficient (Wildman–Crippen LogP) is -0.598. The molecule has 15 heavy (non-hydrogen) atoms. The summed E-state index contributed by atoms with van der Waals surface area (Å²) in [5.41, 5.74) is 4.85. The van der Waals surface area contributed by atoms with Gasteiger partial charge in [0.2, 0.25) is 0 Å².